The minimum Gasteiger partial charge on any atom is -0.497 e. The number of rotatable bonds is 3. The molecule has 0 radical (unpaired) electrons. The molecule has 1 aromatic heterocycles. The monoisotopic (exact) mass is 287 g/mol. The molecule has 0 aliphatic carbocycles. The van der Waals surface area contributed by atoms with Crippen molar-refractivity contribution in [3.05, 3.63) is 41.5 Å². The van der Waals surface area contributed by atoms with Crippen LogP contribution in [-0.2, 0) is 0 Å². The molecule has 6 heteroatoms. The van der Waals surface area contributed by atoms with Crippen LogP contribution in [0.4, 0.5) is 0 Å². The number of hydrogen-bond acceptors (Lipinski definition) is 5. The van der Waals surface area contributed by atoms with Crippen molar-refractivity contribution >= 4 is 5.91 Å². The molecule has 1 aromatic carbocycles. The van der Waals surface area contributed by atoms with E-state index in [0.717, 1.165) is 12.8 Å². The van der Waals surface area contributed by atoms with Gasteiger partial charge in [-0.1, -0.05) is 11.2 Å². The summed E-state index contributed by atoms with van der Waals surface area (Å²) in [7, 11) is 1.59. The van der Waals surface area contributed by atoms with Crippen molar-refractivity contribution < 1.29 is 14.1 Å². The summed E-state index contributed by atoms with van der Waals surface area (Å²) in [6.45, 7) is 2.47. The van der Waals surface area contributed by atoms with Gasteiger partial charge in [-0.2, -0.15) is 4.98 Å². The lowest BCUT2D eigenvalue weighted by Crippen LogP contribution is -2.30. The summed E-state index contributed by atoms with van der Waals surface area (Å²) in [6.07, 6.45) is 1.78. The number of aromatic nitrogens is 2. The molecule has 1 atom stereocenters. The number of hydrogen-bond donors (Lipinski definition) is 0. The van der Waals surface area contributed by atoms with Gasteiger partial charge < -0.3 is 14.2 Å². The van der Waals surface area contributed by atoms with Gasteiger partial charge in [0.15, 0.2) is 5.82 Å². The van der Waals surface area contributed by atoms with Gasteiger partial charge in [0.05, 0.1) is 7.11 Å². The number of amides is 1. The van der Waals surface area contributed by atoms with Crippen molar-refractivity contribution in [2.24, 2.45) is 0 Å². The van der Waals surface area contributed by atoms with Crippen LogP contribution in [0.3, 0.4) is 0 Å². The zero-order valence-corrected chi connectivity index (χ0v) is 12.1. The Morgan fingerprint density at radius 3 is 3.05 bits per heavy atom. The van der Waals surface area contributed by atoms with E-state index in [2.05, 4.69) is 10.1 Å². The minimum atomic E-state index is -0.134. The second-order valence-electron chi connectivity index (χ2n) is 5.07. The first-order chi connectivity index (χ1) is 10.2. The Kier molecular flexibility index (Phi) is 3.60. The van der Waals surface area contributed by atoms with Gasteiger partial charge in [-0.15, -0.1) is 0 Å². The van der Waals surface area contributed by atoms with Gasteiger partial charge in [-0.25, -0.2) is 0 Å². The van der Waals surface area contributed by atoms with Crippen LogP contribution in [-0.4, -0.2) is 34.6 Å². The number of likely N-dealkylation sites (tertiary alicyclic amines) is 1. The summed E-state index contributed by atoms with van der Waals surface area (Å²) in [6, 6.07) is 7.04. The highest BCUT2D eigenvalue weighted by Crippen LogP contribution is 2.32. The maximum absolute atomic E-state index is 12.7. The number of nitrogens with zero attached hydrogens (tertiary/aromatic N) is 3. The van der Waals surface area contributed by atoms with E-state index in [1.807, 2.05) is 12.1 Å². The first kappa shape index (κ1) is 13.6. The second-order valence-corrected chi connectivity index (χ2v) is 5.07. The normalized spacial score (nSPS) is 18.0. The van der Waals surface area contributed by atoms with Crippen molar-refractivity contribution in [2.75, 3.05) is 13.7 Å². The molecule has 1 fully saturated rings. The molecule has 0 bridgehead atoms. The number of carbonyl (C=O) groups excluding carboxylic acids is 1. The molecule has 110 valence electrons. The van der Waals surface area contributed by atoms with E-state index in [1.54, 1.807) is 31.1 Å². The fraction of sp³-hybridized carbons (Fsp3) is 0.400. The molecular formula is C15H17N3O3. The quantitative estimate of drug-likeness (QED) is 0.866. The summed E-state index contributed by atoms with van der Waals surface area (Å²) in [5, 5.41) is 3.81. The van der Waals surface area contributed by atoms with Crippen LogP contribution < -0.4 is 4.74 Å². The summed E-state index contributed by atoms with van der Waals surface area (Å²) >= 11 is 0. The number of carbonyl (C=O) groups is 1. The predicted molar refractivity (Wildman–Crippen MR) is 75.0 cm³/mol. The Bertz CT molecular complexity index is 653. The summed E-state index contributed by atoms with van der Waals surface area (Å²) < 4.78 is 10.4. The van der Waals surface area contributed by atoms with Gasteiger partial charge in [0.1, 0.15) is 11.8 Å². The number of ether oxygens (including phenoxy) is 1. The zero-order valence-electron chi connectivity index (χ0n) is 12.1. The molecule has 1 aliphatic rings. The third-order valence-electron chi connectivity index (χ3n) is 3.66. The molecule has 1 unspecified atom stereocenters. The fourth-order valence-corrected chi connectivity index (χ4v) is 2.64. The molecule has 0 N–H and O–H groups in total. The van der Waals surface area contributed by atoms with Crippen molar-refractivity contribution in [3.8, 4) is 5.75 Å². The van der Waals surface area contributed by atoms with Crippen LogP contribution in [0.15, 0.2) is 28.8 Å². The number of benzene rings is 1. The molecule has 3 rings (SSSR count). The molecule has 1 saturated heterocycles. The lowest BCUT2D eigenvalue weighted by molar-refractivity contribution is 0.0709. The van der Waals surface area contributed by atoms with Gasteiger partial charge in [0, 0.05) is 12.1 Å². The van der Waals surface area contributed by atoms with Crippen LogP contribution in [0, 0.1) is 6.92 Å². The lowest BCUT2D eigenvalue weighted by Gasteiger charge is -2.22. The molecular weight excluding hydrogens is 270 g/mol. The minimum absolute atomic E-state index is 0.0350. The van der Waals surface area contributed by atoms with Gasteiger partial charge in [0.25, 0.3) is 5.91 Å². The molecule has 2 aromatic rings. The van der Waals surface area contributed by atoms with E-state index in [0.29, 0.717) is 29.6 Å². The van der Waals surface area contributed by atoms with Crippen LogP contribution >= 0.6 is 0 Å². The van der Waals surface area contributed by atoms with Crippen LogP contribution in [0.5, 0.6) is 5.75 Å². The highest BCUT2D eigenvalue weighted by Gasteiger charge is 2.34. The maximum Gasteiger partial charge on any atom is 0.254 e. The second kappa shape index (κ2) is 5.55. The summed E-state index contributed by atoms with van der Waals surface area (Å²) in [5.41, 5.74) is 0.609. The molecule has 21 heavy (non-hydrogen) atoms. The highest BCUT2D eigenvalue weighted by atomic mass is 16.5. The Balaban J connectivity index is 1.85. The maximum atomic E-state index is 12.7. The third-order valence-corrected chi connectivity index (χ3v) is 3.66. The average Bonchev–Trinajstić information content (AvgIpc) is 3.15. The number of methoxy groups -OCH3 is 1. The van der Waals surface area contributed by atoms with Gasteiger partial charge in [-0.3, -0.25) is 4.79 Å². The van der Waals surface area contributed by atoms with Crippen molar-refractivity contribution in [1.29, 1.82) is 0 Å². The van der Waals surface area contributed by atoms with Crippen molar-refractivity contribution in [3.63, 3.8) is 0 Å². The smallest absolute Gasteiger partial charge is 0.254 e. The van der Waals surface area contributed by atoms with E-state index in [1.165, 1.54) is 0 Å². The molecule has 6 nitrogen and oxygen atoms in total. The van der Waals surface area contributed by atoms with Crippen molar-refractivity contribution in [1.82, 2.24) is 15.0 Å². The van der Waals surface area contributed by atoms with E-state index in [4.69, 9.17) is 9.26 Å². The molecule has 1 aliphatic heterocycles. The highest BCUT2D eigenvalue weighted by molar-refractivity contribution is 5.95. The Hall–Kier alpha value is -2.37. The molecule has 0 saturated carbocycles. The van der Waals surface area contributed by atoms with Gasteiger partial charge in [0.2, 0.25) is 5.89 Å². The topological polar surface area (TPSA) is 68.5 Å². The SMILES string of the molecule is COc1cccc(C(=O)N2CCCC2c2nc(C)no2)c1. The standard InChI is InChI=1S/C15H17N3O3/c1-10-16-14(21-17-10)13-7-4-8-18(13)15(19)11-5-3-6-12(9-11)20-2/h3,5-6,9,13H,4,7-8H2,1-2H3. The molecule has 1 amide bonds. The largest absolute Gasteiger partial charge is 0.497 e. The Morgan fingerprint density at radius 2 is 2.33 bits per heavy atom. The first-order valence-electron chi connectivity index (χ1n) is 6.94. The van der Waals surface area contributed by atoms with E-state index < -0.39 is 0 Å². The van der Waals surface area contributed by atoms with Gasteiger partial charge in [-0.05, 0) is 38.0 Å². The van der Waals surface area contributed by atoms with Crippen LogP contribution in [0.2, 0.25) is 0 Å². The lowest BCUT2D eigenvalue weighted by atomic mass is 10.1. The van der Waals surface area contributed by atoms with E-state index in [9.17, 15) is 4.79 Å². The van der Waals surface area contributed by atoms with Crippen LogP contribution in [0.25, 0.3) is 0 Å². The van der Waals surface area contributed by atoms with Crippen LogP contribution in [0.1, 0.15) is 41.0 Å². The van der Waals surface area contributed by atoms with E-state index >= 15 is 0 Å². The predicted octanol–water partition coefficient (Wildman–Crippen LogP) is 2.36. The molecule has 2 heterocycles. The summed E-state index contributed by atoms with van der Waals surface area (Å²) in [4.78, 5) is 18.7. The number of aryl methyl sites for hydroxylation is 1. The molecule has 0 spiro atoms. The third kappa shape index (κ3) is 2.61. The Morgan fingerprint density at radius 1 is 1.48 bits per heavy atom. The summed E-state index contributed by atoms with van der Waals surface area (Å²) in [5.74, 6) is 1.74. The zero-order chi connectivity index (χ0) is 14.8. The average molecular weight is 287 g/mol. The van der Waals surface area contributed by atoms with E-state index in [-0.39, 0.29) is 11.9 Å². The Labute approximate surface area is 122 Å². The fourth-order valence-electron chi connectivity index (χ4n) is 2.64. The van der Waals surface area contributed by atoms with Gasteiger partial charge >= 0.3 is 0 Å². The van der Waals surface area contributed by atoms with Crippen molar-refractivity contribution in [2.45, 2.75) is 25.8 Å². The first-order valence-corrected chi connectivity index (χ1v) is 6.94.